The van der Waals surface area contributed by atoms with Crippen LogP contribution in [0.2, 0.25) is 0 Å². The van der Waals surface area contributed by atoms with Gasteiger partial charge < -0.3 is 23.5 Å². The largest absolute Gasteiger partial charge is 0.493 e. The lowest BCUT2D eigenvalue weighted by atomic mass is 10.1. The highest BCUT2D eigenvalue weighted by molar-refractivity contribution is 7.91. The van der Waals surface area contributed by atoms with Gasteiger partial charge in [-0.05, 0) is 36.2 Å². The Morgan fingerprint density at radius 1 is 1.06 bits per heavy atom. The highest BCUT2D eigenvalue weighted by atomic mass is 32.2. The molecule has 0 radical (unpaired) electrons. The third kappa shape index (κ3) is 4.58. The molecule has 0 aliphatic carbocycles. The van der Waals surface area contributed by atoms with E-state index in [1.54, 1.807) is 36.4 Å². The van der Waals surface area contributed by atoms with Crippen LogP contribution in [0.15, 0.2) is 51.7 Å². The zero-order valence-electron chi connectivity index (χ0n) is 19.1. The third-order valence-electron chi connectivity index (χ3n) is 5.86. The molecule has 10 heteroatoms. The lowest BCUT2D eigenvalue weighted by Gasteiger charge is -2.28. The summed E-state index contributed by atoms with van der Waals surface area (Å²) >= 11 is 0. The van der Waals surface area contributed by atoms with Gasteiger partial charge in [-0.2, -0.15) is 0 Å². The average molecular weight is 488 g/mol. The van der Waals surface area contributed by atoms with Gasteiger partial charge in [-0.25, -0.2) is 13.2 Å². The minimum absolute atomic E-state index is 0.0248. The van der Waals surface area contributed by atoms with E-state index in [9.17, 15) is 18.0 Å². The fraction of sp³-hybridized carbons (Fsp3) is 0.333. The van der Waals surface area contributed by atoms with Crippen molar-refractivity contribution in [3.05, 3.63) is 64.0 Å². The van der Waals surface area contributed by atoms with E-state index in [2.05, 4.69) is 0 Å². The van der Waals surface area contributed by atoms with Crippen LogP contribution in [-0.2, 0) is 16.4 Å². The molecule has 1 amide bonds. The van der Waals surface area contributed by atoms with Crippen LogP contribution in [0.25, 0.3) is 11.0 Å². The van der Waals surface area contributed by atoms with Crippen LogP contribution in [0.5, 0.6) is 17.2 Å². The molecule has 0 N–H and O–H groups in total. The Bertz CT molecular complexity index is 1370. The van der Waals surface area contributed by atoms with E-state index in [0.29, 0.717) is 33.8 Å². The Morgan fingerprint density at radius 3 is 2.32 bits per heavy atom. The van der Waals surface area contributed by atoms with Gasteiger partial charge in [0.1, 0.15) is 11.1 Å². The maximum Gasteiger partial charge on any atom is 0.349 e. The Labute approximate surface area is 196 Å². The van der Waals surface area contributed by atoms with Gasteiger partial charge in [-0.15, -0.1) is 0 Å². The number of amides is 1. The fourth-order valence-electron chi connectivity index (χ4n) is 4.18. The molecule has 4 rings (SSSR count). The van der Waals surface area contributed by atoms with Crippen LogP contribution in [0.3, 0.4) is 0 Å². The molecule has 2 heterocycles. The first-order valence-corrected chi connectivity index (χ1v) is 12.4. The van der Waals surface area contributed by atoms with Gasteiger partial charge in [0.05, 0.1) is 32.8 Å². The van der Waals surface area contributed by atoms with Gasteiger partial charge in [0.15, 0.2) is 21.3 Å². The number of hydrogen-bond acceptors (Lipinski definition) is 8. The summed E-state index contributed by atoms with van der Waals surface area (Å²) < 4.78 is 45.9. The molecule has 34 heavy (non-hydrogen) atoms. The van der Waals surface area contributed by atoms with Crippen molar-refractivity contribution < 1.29 is 31.8 Å². The first-order valence-electron chi connectivity index (χ1n) is 10.6. The van der Waals surface area contributed by atoms with Crippen molar-refractivity contribution in [2.45, 2.75) is 19.0 Å². The van der Waals surface area contributed by atoms with E-state index in [1.807, 2.05) is 0 Å². The number of methoxy groups -OCH3 is 3. The SMILES string of the molecule is COc1cc(CN(C(=O)c2cc3ccccc3oc2=O)[C@@H]2CCS(=O)(=O)C2)cc(OC)c1OC. The zero-order valence-corrected chi connectivity index (χ0v) is 19.9. The van der Waals surface area contributed by atoms with Gasteiger partial charge in [-0.3, -0.25) is 4.79 Å². The number of benzene rings is 2. The van der Waals surface area contributed by atoms with Crippen LogP contribution in [0, 0.1) is 0 Å². The maximum absolute atomic E-state index is 13.6. The van der Waals surface area contributed by atoms with Crippen LogP contribution in [0.4, 0.5) is 0 Å². The number of para-hydroxylation sites is 1. The summed E-state index contributed by atoms with van der Waals surface area (Å²) in [6, 6.07) is 11.1. The average Bonchev–Trinajstić information content (AvgIpc) is 3.20. The summed E-state index contributed by atoms with van der Waals surface area (Å²) in [6.45, 7) is 0.0298. The number of hydrogen-bond donors (Lipinski definition) is 0. The predicted molar refractivity (Wildman–Crippen MR) is 126 cm³/mol. The summed E-state index contributed by atoms with van der Waals surface area (Å²) in [7, 11) is 1.15. The van der Waals surface area contributed by atoms with Crippen LogP contribution < -0.4 is 19.8 Å². The molecule has 1 fully saturated rings. The number of carbonyl (C=O) groups excluding carboxylic acids is 1. The van der Waals surface area contributed by atoms with Crippen molar-refractivity contribution in [1.29, 1.82) is 0 Å². The molecule has 180 valence electrons. The van der Waals surface area contributed by atoms with Gasteiger partial charge in [0.25, 0.3) is 5.91 Å². The first-order chi connectivity index (χ1) is 16.3. The van der Waals surface area contributed by atoms with E-state index in [4.69, 9.17) is 18.6 Å². The monoisotopic (exact) mass is 487 g/mol. The summed E-state index contributed by atoms with van der Waals surface area (Å²) in [6.07, 6.45) is 0.275. The summed E-state index contributed by atoms with van der Waals surface area (Å²) in [5.74, 6) is 0.382. The first kappa shape index (κ1) is 23.6. The Kier molecular flexibility index (Phi) is 6.52. The number of fused-ring (bicyclic) bond motifs is 1. The van der Waals surface area contributed by atoms with E-state index < -0.39 is 27.4 Å². The second-order valence-electron chi connectivity index (χ2n) is 8.01. The zero-order chi connectivity index (χ0) is 24.5. The molecule has 9 nitrogen and oxygen atoms in total. The van der Waals surface area contributed by atoms with Gasteiger partial charge in [0.2, 0.25) is 5.75 Å². The van der Waals surface area contributed by atoms with Crippen molar-refractivity contribution >= 4 is 26.7 Å². The van der Waals surface area contributed by atoms with Crippen LogP contribution in [-0.4, -0.2) is 58.1 Å². The number of nitrogens with zero attached hydrogens (tertiary/aromatic N) is 1. The van der Waals surface area contributed by atoms with Gasteiger partial charge >= 0.3 is 5.63 Å². The summed E-state index contributed by atoms with van der Waals surface area (Å²) in [4.78, 5) is 27.7. The minimum atomic E-state index is -3.29. The molecule has 1 aromatic heterocycles. The van der Waals surface area contributed by atoms with E-state index in [0.717, 1.165) is 0 Å². The molecule has 0 saturated carbocycles. The Balaban J connectivity index is 1.78. The molecular weight excluding hydrogens is 462 g/mol. The molecule has 2 aromatic carbocycles. The molecule has 1 aliphatic heterocycles. The number of ether oxygens (including phenoxy) is 3. The topological polar surface area (TPSA) is 112 Å². The Hall–Kier alpha value is -3.53. The fourth-order valence-corrected chi connectivity index (χ4v) is 5.91. The second kappa shape index (κ2) is 9.38. The molecular formula is C24H25NO8S. The number of sulfone groups is 1. The van der Waals surface area contributed by atoms with E-state index in [1.165, 1.54) is 32.3 Å². The highest BCUT2D eigenvalue weighted by Gasteiger charge is 2.36. The maximum atomic E-state index is 13.6. The number of carbonyl (C=O) groups is 1. The van der Waals surface area contributed by atoms with Crippen LogP contribution in [0.1, 0.15) is 22.3 Å². The van der Waals surface area contributed by atoms with Gasteiger partial charge in [0, 0.05) is 18.0 Å². The van der Waals surface area contributed by atoms with Crippen molar-refractivity contribution in [3.63, 3.8) is 0 Å². The number of rotatable bonds is 7. The molecule has 0 bridgehead atoms. The van der Waals surface area contributed by atoms with E-state index >= 15 is 0 Å². The van der Waals surface area contributed by atoms with Crippen molar-refractivity contribution in [3.8, 4) is 17.2 Å². The molecule has 0 unspecified atom stereocenters. The van der Waals surface area contributed by atoms with Crippen molar-refractivity contribution in [2.75, 3.05) is 32.8 Å². The molecule has 1 aliphatic rings. The Morgan fingerprint density at radius 2 is 1.74 bits per heavy atom. The predicted octanol–water partition coefficient (Wildman–Crippen LogP) is 2.65. The van der Waals surface area contributed by atoms with Crippen molar-refractivity contribution in [1.82, 2.24) is 4.90 Å². The highest BCUT2D eigenvalue weighted by Crippen LogP contribution is 2.39. The van der Waals surface area contributed by atoms with Crippen LogP contribution >= 0.6 is 0 Å². The summed E-state index contributed by atoms with van der Waals surface area (Å²) in [5, 5.41) is 0.595. The molecule has 1 atom stereocenters. The quantitative estimate of drug-likeness (QED) is 0.468. The van der Waals surface area contributed by atoms with Gasteiger partial charge in [-0.1, -0.05) is 18.2 Å². The van der Waals surface area contributed by atoms with E-state index in [-0.39, 0.29) is 30.0 Å². The standard InChI is InChI=1S/C24H25NO8S/c1-30-20-10-15(11-21(31-2)22(20)32-3)13-25(17-8-9-34(28,29)14-17)23(26)18-12-16-6-4-5-7-19(16)33-24(18)27/h4-7,10-12,17H,8-9,13-14H2,1-3H3/t17-/m1/s1. The summed E-state index contributed by atoms with van der Waals surface area (Å²) in [5.41, 5.74) is 0.0517. The normalized spacial score (nSPS) is 16.9. The van der Waals surface area contributed by atoms with Crippen molar-refractivity contribution in [2.24, 2.45) is 0 Å². The smallest absolute Gasteiger partial charge is 0.349 e. The lowest BCUT2D eigenvalue weighted by Crippen LogP contribution is -2.42. The molecule has 0 spiro atoms. The second-order valence-corrected chi connectivity index (χ2v) is 10.2. The lowest BCUT2D eigenvalue weighted by molar-refractivity contribution is 0.0676. The molecule has 3 aromatic rings. The molecule has 1 saturated heterocycles. The minimum Gasteiger partial charge on any atom is -0.493 e. The third-order valence-corrected chi connectivity index (χ3v) is 7.61.